The summed E-state index contributed by atoms with van der Waals surface area (Å²) in [5.74, 6) is -2.36. The first-order valence-electron chi connectivity index (χ1n) is 10.8. The van der Waals surface area contributed by atoms with Gasteiger partial charge in [0.25, 0.3) is 5.69 Å². The second kappa shape index (κ2) is 8.72. The van der Waals surface area contributed by atoms with Crippen LogP contribution in [0.1, 0.15) is 81.7 Å². The van der Waals surface area contributed by atoms with Crippen LogP contribution in [-0.2, 0) is 11.3 Å². The lowest BCUT2D eigenvalue weighted by molar-refractivity contribution is -0.385. The van der Waals surface area contributed by atoms with E-state index in [4.69, 9.17) is 4.74 Å². The van der Waals surface area contributed by atoms with Crippen LogP contribution in [0.25, 0.3) is 0 Å². The van der Waals surface area contributed by atoms with Gasteiger partial charge in [0.05, 0.1) is 4.92 Å². The van der Waals surface area contributed by atoms with E-state index in [9.17, 15) is 29.3 Å². The minimum absolute atomic E-state index is 0.0429. The van der Waals surface area contributed by atoms with E-state index in [2.05, 4.69) is 0 Å². The highest BCUT2D eigenvalue weighted by atomic mass is 16.6. The number of ether oxygens (including phenoxy) is 1. The first-order valence-corrected chi connectivity index (χ1v) is 10.8. The Bertz CT molecular complexity index is 1480. The summed E-state index contributed by atoms with van der Waals surface area (Å²) >= 11 is 0. The highest BCUT2D eigenvalue weighted by Crippen LogP contribution is 2.36. The van der Waals surface area contributed by atoms with Crippen LogP contribution >= 0.6 is 0 Å². The van der Waals surface area contributed by atoms with Crippen LogP contribution in [-0.4, -0.2) is 28.2 Å². The van der Waals surface area contributed by atoms with Crippen molar-refractivity contribution in [1.82, 2.24) is 0 Å². The predicted molar refractivity (Wildman–Crippen MR) is 126 cm³/mol. The Balaban J connectivity index is 1.75. The molecule has 0 amide bonds. The summed E-state index contributed by atoms with van der Waals surface area (Å²) in [7, 11) is 0. The summed E-state index contributed by atoms with van der Waals surface area (Å²) in [6.45, 7) is 6.62. The Morgan fingerprint density at radius 2 is 1.54 bits per heavy atom. The summed E-state index contributed by atoms with van der Waals surface area (Å²) in [5, 5.41) is 12.0. The quantitative estimate of drug-likeness (QED) is 0.176. The van der Waals surface area contributed by atoms with Gasteiger partial charge in [-0.05, 0) is 62.1 Å². The molecule has 0 bridgehead atoms. The third-order valence-corrected chi connectivity index (χ3v) is 6.30. The highest BCUT2D eigenvalue weighted by Gasteiger charge is 2.39. The maximum Gasteiger partial charge on any atom is 0.345 e. The maximum absolute atomic E-state index is 13.1. The van der Waals surface area contributed by atoms with Gasteiger partial charge in [0.15, 0.2) is 11.6 Å². The highest BCUT2D eigenvalue weighted by molar-refractivity contribution is 6.30. The van der Waals surface area contributed by atoms with E-state index in [1.54, 1.807) is 19.1 Å². The Kier molecular flexibility index (Phi) is 5.90. The molecule has 0 aliphatic heterocycles. The van der Waals surface area contributed by atoms with E-state index < -0.39 is 39.3 Å². The average Bonchev–Trinajstić information content (AvgIpc) is 2.80. The van der Waals surface area contributed by atoms with Gasteiger partial charge in [0.1, 0.15) is 17.7 Å². The number of hydrogen-bond donors (Lipinski definition) is 0. The van der Waals surface area contributed by atoms with Gasteiger partial charge in [-0.25, -0.2) is 4.79 Å². The van der Waals surface area contributed by atoms with E-state index in [0.717, 1.165) is 17.2 Å². The maximum atomic E-state index is 13.1. The van der Waals surface area contributed by atoms with Crippen LogP contribution in [0.5, 0.6) is 0 Å². The second-order valence-corrected chi connectivity index (χ2v) is 8.47. The standard InChI is InChI=1S/C27H21NO7/c1-13-11-14(2)22(16(4)29)15(3)21(13)12-35-27(32)20-10-9-19-23(24(20)28(33)34)26(31)18-8-6-5-7-17(18)25(19)30/h5-11H,12H2,1-4H3. The van der Waals surface area contributed by atoms with Gasteiger partial charge in [0.2, 0.25) is 5.78 Å². The number of rotatable bonds is 5. The minimum atomic E-state index is -1.01. The van der Waals surface area contributed by atoms with Gasteiger partial charge in [-0.2, -0.15) is 0 Å². The fourth-order valence-corrected chi connectivity index (χ4v) is 4.73. The summed E-state index contributed by atoms with van der Waals surface area (Å²) < 4.78 is 5.41. The molecule has 0 spiro atoms. The number of benzene rings is 3. The fourth-order valence-electron chi connectivity index (χ4n) is 4.73. The van der Waals surface area contributed by atoms with E-state index >= 15 is 0 Å². The average molecular weight is 471 g/mol. The molecule has 4 rings (SSSR count). The molecule has 3 aromatic rings. The smallest absolute Gasteiger partial charge is 0.345 e. The zero-order chi connectivity index (χ0) is 25.6. The van der Waals surface area contributed by atoms with Crippen molar-refractivity contribution in [2.45, 2.75) is 34.3 Å². The number of nitro benzene ring substituents is 1. The Labute approximate surface area is 200 Å². The molecular weight excluding hydrogens is 450 g/mol. The fraction of sp³-hybridized carbons (Fsp3) is 0.185. The Hall–Kier alpha value is -4.46. The number of carbonyl (C=O) groups excluding carboxylic acids is 4. The number of nitro groups is 1. The molecule has 0 heterocycles. The number of ketones is 3. The third-order valence-electron chi connectivity index (χ3n) is 6.30. The lowest BCUT2D eigenvalue weighted by atomic mass is 9.82. The van der Waals surface area contributed by atoms with Crippen molar-refractivity contribution in [2.75, 3.05) is 0 Å². The van der Waals surface area contributed by atoms with Gasteiger partial charge >= 0.3 is 5.97 Å². The first-order chi connectivity index (χ1) is 16.5. The third kappa shape index (κ3) is 3.82. The van der Waals surface area contributed by atoms with Crippen LogP contribution in [0.2, 0.25) is 0 Å². The molecule has 0 saturated heterocycles. The first kappa shape index (κ1) is 23.7. The largest absolute Gasteiger partial charge is 0.457 e. The molecule has 0 aromatic heterocycles. The molecule has 8 heteroatoms. The predicted octanol–water partition coefficient (Wildman–Crippen LogP) is 4.86. The van der Waals surface area contributed by atoms with E-state index in [1.165, 1.54) is 25.1 Å². The molecular formula is C27H21NO7. The number of esters is 1. The van der Waals surface area contributed by atoms with Crippen LogP contribution in [0.4, 0.5) is 5.69 Å². The van der Waals surface area contributed by atoms with E-state index in [-0.39, 0.29) is 29.1 Å². The molecule has 8 nitrogen and oxygen atoms in total. The number of carbonyl (C=O) groups is 4. The molecule has 0 radical (unpaired) electrons. The molecule has 0 atom stereocenters. The summed E-state index contributed by atoms with van der Waals surface area (Å²) in [6, 6.07) is 10.2. The lowest BCUT2D eigenvalue weighted by Gasteiger charge is -2.19. The number of nitrogens with zero attached hydrogens (tertiary/aromatic N) is 1. The van der Waals surface area contributed by atoms with Gasteiger partial charge in [-0.1, -0.05) is 30.3 Å². The molecule has 0 fully saturated rings. The second-order valence-electron chi connectivity index (χ2n) is 8.47. The molecule has 0 saturated carbocycles. The van der Waals surface area contributed by atoms with Gasteiger partial charge in [-0.3, -0.25) is 24.5 Å². The number of fused-ring (bicyclic) bond motifs is 2. The van der Waals surface area contributed by atoms with Gasteiger partial charge in [0, 0.05) is 22.3 Å². The van der Waals surface area contributed by atoms with Crippen LogP contribution in [0, 0.1) is 30.9 Å². The van der Waals surface area contributed by atoms with Crippen LogP contribution in [0.3, 0.4) is 0 Å². The molecule has 0 unspecified atom stereocenters. The van der Waals surface area contributed by atoms with Crippen molar-refractivity contribution in [1.29, 1.82) is 0 Å². The van der Waals surface area contributed by atoms with Crippen molar-refractivity contribution in [3.05, 3.63) is 108 Å². The zero-order valence-electron chi connectivity index (χ0n) is 19.6. The number of aryl methyl sites for hydroxylation is 2. The monoisotopic (exact) mass is 471 g/mol. The van der Waals surface area contributed by atoms with Crippen molar-refractivity contribution >= 4 is 29.0 Å². The summed E-state index contributed by atoms with van der Waals surface area (Å²) in [6.07, 6.45) is 0. The van der Waals surface area contributed by atoms with Gasteiger partial charge in [-0.15, -0.1) is 0 Å². The molecule has 35 heavy (non-hydrogen) atoms. The van der Waals surface area contributed by atoms with Crippen molar-refractivity contribution in [3.63, 3.8) is 0 Å². The van der Waals surface area contributed by atoms with Crippen molar-refractivity contribution in [2.24, 2.45) is 0 Å². The van der Waals surface area contributed by atoms with Crippen molar-refractivity contribution in [3.8, 4) is 0 Å². The van der Waals surface area contributed by atoms with Crippen LogP contribution < -0.4 is 0 Å². The van der Waals surface area contributed by atoms with Crippen molar-refractivity contribution < 1.29 is 28.8 Å². The molecule has 176 valence electrons. The van der Waals surface area contributed by atoms with E-state index in [0.29, 0.717) is 16.7 Å². The summed E-state index contributed by atoms with van der Waals surface area (Å²) in [5.41, 5.74) is 1.88. The summed E-state index contributed by atoms with van der Waals surface area (Å²) in [4.78, 5) is 62.2. The van der Waals surface area contributed by atoms with Gasteiger partial charge < -0.3 is 4.74 Å². The Morgan fingerprint density at radius 3 is 2.14 bits per heavy atom. The Morgan fingerprint density at radius 1 is 0.914 bits per heavy atom. The molecule has 1 aliphatic rings. The zero-order valence-corrected chi connectivity index (χ0v) is 19.6. The SMILES string of the molecule is CC(=O)c1c(C)cc(C)c(COC(=O)c2ccc3c(c2[N+](=O)[O-])C(=O)c2ccccc2C3=O)c1C. The van der Waals surface area contributed by atoms with E-state index in [1.807, 2.05) is 19.9 Å². The van der Waals surface area contributed by atoms with Crippen LogP contribution in [0.15, 0.2) is 42.5 Å². The normalized spacial score (nSPS) is 12.1. The number of Topliss-reactive ketones (excluding diaryl/α,β-unsaturated/α-hetero) is 1. The topological polar surface area (TPSA) is 121 Å². The minimum Gasteiger partial charge on any atom is -0.457 e. The lowest BCUT2D eigenvalue weighted by Crippen LogP contribution is -2.24. The number of hydrogen-bond acceptors (Lipinski definition) is 7. The molecule has 3 aromatic carbocycles. The molecule has 0 N–H and O–H groups in total. The molecule has 1 aliphatic carbocycles.